The molecule has 3 atom stereocenters. The molecule has 0 aromatic carbocycles. The fraction of sp³-hybridized carbons (Fsp3) is 0.941. The summed E-state index contributed by atoms with van der Waals surface area (Å²) in [6, 6.07) is 0. The van der Waals surface area contributed by atoms with Crippen LogP contribution < -0.4 is 0 Å². The number of halogens is 4. The molecule has 0 saturated heterocycles. The van der Waals surface area contributed by atoms with Crippen molar-refractivity contribution in [2.45, 2.75) is 81.2 Å². The predicted molar refractivity (Wildman–Crippen MR) is 80.6 cm³/mol. The molecule has 3 unspecified atom stereocenters. The van der Waals surface area contributed by atoms with E-state index in [1.165, 1.54) is 0 Å². The van der Waals surface area contributed by atoms with Gasteiger partial charge in [0.1, 0.15) is 5.60 Å². The van der Waals surface area contributed by atoms with E-state index in [2.05, 4.69) is 4.74 Å². The minimum Gasteiger partial charge on any atom is -0.457 e. The van der Waals surface area contributed by atoms with Crippen LogP contribution in [0.25, 0.3) is 0 Å². The van der Waals surface area contributed by atoms with E-state index < -0.39 is 41.4 Å². The molecule has 4 saturated carbocycles. The lowest BCUT2D eigenvalue weighted by atomic mass is 9.52. The van der Waals surface area contributed by atoms with E-state index in [0.29, 0.717) is 25.7 Å². The number of aliphatic hydroxyl groups is 2. The van der Waals surface area contributed by atoms with Crippen molar-refractivity contribution in [3.8, 4) is 0 Å². The first-order valence-corrected chi connectivity index (χ1v) is 8.73. The Hall–Kier alpha value is -0.930. The summed E-state index contributed by atoms with van der Waals surface area (Å²) in [7, 11) is 0. The number of hydrogen-bond acceptors (Lipinski definition) is 5. The Morgan fingerprint density at radius 1 is 1.12 bits per heavy atom. The number of carbonyl (C=O) groups excluding carboxylic acids is 1. The summed E-state index contributed by atoms with van der Waals surface area (Å²) in [4.78, 5) is 12.4. The van der Waals surface area contributed by atoms with E-state index in [0.717, 1.165) is 13.3 Å². The van der Waals surface area contributed by atoms with Gasteiger partial charge in [-0.05, 0) is 50.9 Å². The molecule has 9 heteroatoms. The molecule has 4 fully saturated rings. The third-order valence-corrected chi connectivity index (χ3v) is 5.77. The lowest BCUT2D eigenvalue weighted by Gasteiger charge is -2.59. The molecule has 4 aliphatic carbocycles. The molecule has 5 nitrogen and oxygen atoms in total. The summed E-state index contributed by atoms with van der Waals surface area (Å²) < 4.78 is 61.4. The fourth-order valence-electron chi connectivity index (χ4n) is 4.97. The Labute approximate surface area is 148 Å². The summed E-state index contributed by atoms with van der Waals surface area (Å²) in [6.07, 6.45) is -1.29. The third kappa shape index (κ3) is 3.57. The fourth-order valence-corrected chi connectivity index (χ4v) is 4.97. The van der Waals surface area contributed by atoms with Gasteiger partial charge in [-0.15, -0.1) is 0 Å². The number of alkyl halides is 4. The van der Waals surface area contributed by atoms with Gasteiger partial charge in [-0.25, -0.2) is 4.79 Å². The number of hydrogen-bond donors (Lipinski definition) is 2. The van der Waals surface area contributed by atoms with Crippen LogP contribution in [0.1, 0.15) is 52.4 Å². The Morgan fingerprint density at radius 3 is 2.12 bits per heavy atom. The molecule has 26 heavy (non-hydrogen) atoms. The second-order valence-electron chi connectivity index (χ2n) is 8.73. The Balaban J connectivity index is 1.66. The van der Waals surface area contributed by atoms with E-state index in [1.54, 1.807) is 0 Å². The maximum atomic E-state index is 13.2. The molecule has 0 aliphatic heterocycles. The Bertz CT molecular complexity index is 572. The predicted octanol–water partition coefficient (Wildman–Crippen LogP) is 2.63. The lowest BCUT2D eigenvalue weighted by Crippen LogP contribution is -2.61. The van der Waals surface area contributed by atoms with Gasteiger partial charge < -0.3 is 19.7 Å². The van der Waals surface area contributed by atoms with Gasteiger partial charge in [0.25, 0.3) is 0 Å². The van der Waals surface area contributed by atoms with Crippen molar-refractivity contribution in [1.29, 1.82) is 0 Å². The zero-order valence-corrected chi connectivity index (χ0v) is 14.7. The average Bonchev–Trinajstić information content (AvgIpc) is 2.40. The molecule has 150 valence electrons. The van der Waals surface area contributed by atoms with Crippen LogP contribution >= 0.6 is 0 Å². The van der Waals surface area contributed by atoms with Crippen LogP contribution in [0.4, 0.5) is 17.6 Å². The van der Waals surface area contributed by atoms with Crippen LogP contribution in [0.15, 0.2) is 0 Å². The van der Waals surface area contributed by atoms with Gasteiger partial charge in [-0.2, -0.15) is 17.6 Å². The van der Waals surface area contributed by atoms with E-state index in [-0.39, 0.29) is 25.2 Å². The molecule has 4 rings (SSSR count). The van der Waals surface area contributed by atoms with Crippen LogP contribution in [-0.2, 0) is 14.3 Å². The minimum absolute atomic E-state index is 0.0177. The highest BCUT2D eigenvalue weighted by atomic mass is 19.3. The molecule has 2 N–H and O–H groups in total. The van der Waals surface area contributed by atoms with Gasteiger partial charge in [-0.1, -0.05) is 0 Å². The number of rotatable bonds is 6. The van der Waals surface area contributed by atoms with Gasteiger partial charge in [0.2, 0.25) is 0 Å². The molecule has 0 aromatic heterocycles. The van der Waals surface area contributed by atoms with E-state index in [9.17, 15) is 32.6 Å². The first-order valence-electron chi connectivity index (χ1n) is 8.73. The summed E-state index contributed by atoms with van der Waals surface area (Å²) in [5.74, 6) is -5.26. The molecular formula is C17H24F4O5. The van der Waals surface area contributed by atoms with Crippen LogP contribution in [0, 0.1) is 11.8 Å². The van der Waals surface area contributed by atoms with Crippen molar-refractivity contribution >= 4 is 5.97 Å². The maximum absolute atomic E-state index is 13.2. The van der Waals surface area contributed by atoms with Gasteiger partial charge in [0.15, 0.2) is 5.60 Å². The van der Waals surface area contributed by atoms with Crippen molar-refractivity contribution in [3.63, 3.8) is 0 Å². The standard InChI is InChI=1S/C17H24F4O5/c1-13(23,9-25-17(20,21)14(2,18)19)12(22)26-16-6-10-3-11(7-16)5-15(24,4-10)8-16/h10-11,23-24H,3-9H2,1-2H3. The second-order valence-corrected chi connectivity index (χ2v) is 8.73. The average molecular weight is 384 g/mol. The topological polar surface area (TPSA) is 76.0 Å². The van der Waals surface area contributed by atoms with Gasteiger partial charge >= 0.3 is 18.0 Å². The SMILES string of the molecule is CC(O)(COC(F)(F)C(C)(F)F)C(=O)OC12CC3CC(CC(O)(C3)C1)C2. The molecule has 0 aromatic rings. The van der Waals surface area contributed by atoms with Crippen molar-refractivity contribution < 1.29 is 42.0 Å². The van der Waals surface area contributed by atoms with Crippen molar-refractivity contribution in [2.75, 3.05) is 6.61 Å². The monoisotopic (exact) mass is 384 g/mol. The summed E-state index contributed by atoms with van der Waals surface area (Å²) in [5.41, 5.74) is -4.37. The molecule has 0 heterocycles. The summed E-state index contributed by atoms with van der Waals surface area (Å²) in [6.45, 7) is -0.472. The highest BCUT2D eigenvalue weighted by Crippen LogP contribution is 2.59. The summed E-state index contributed by atoms with van der Waals surface area (Å²) in [5, 5.41) is 20.8. The van der Waals surface area contributed by atoms with Crippen LogP contribution in [0.2, 0.25) is 0 Å². The maximum Gasteiger partial charge on any atom is 0.419 e. The zero-order valence-electron chi connectivity index (χ0n) is 14.7. The van der Waals surface area contributed by atoms with Crippen LogP contribution in [-0.4, -0.2) is 51.6 Å². The van der Waals surface area contributed by atoms with Gasteiger partial charge in [-0.3, -0.25) is 0 Å². The molecule has 4 aliphatic rings. The number of carbonyl (C=O) groups is 1. The van der Waals surface area contributed by atoms with E-state index in [1.807, 2.05) is 0 Å². The highest BCUT2D eigenvalue weighted by Gasteiger charge is 2.60. The van der Waals surface area contributed by atoms with E-state index >= 15 is 0 Å². The normalized spacial score (nSPS) is 38.9. The molecular weight excluding hydrogens is 360 g/mol. The number of esters is 1. The van der Waals surface area contributed by atoms with Crippen molar-refractivity contribution in [2.24, 2.45) is 11.8 Å². The minimum atomic E-state index is -4.83. The van der Waals surface area contributed by atoms with Gasteiger partial charge in [0, 0.05) is 13.3 Å². The number of ether oxygens (including phenoxy) is 2. The Kier molecular flexibility index (Phi) is 4.41. The second kappa shape index (κ2) is 5.78. The largest absolute Gasteiger partial charge is 0.457 e. The van der Waals surface area contributed by atoms with Crippen LogP contribution in [0.5, 0.6) is 0 Å². The first kappa shape index (κ1) is 19.8. The molecule has 0 spiro atoms. The van der Waals surface area contributed by atoms with Gasteiger partial charge in [0.05, 0.1) is 12.2 Å². The third-order valence-electron chi connectivity index (χ3n) is 5.77. The van der Waals surface area contributed by atoms with E-state index in [4.69, 9.17) is 4.74 Å². The molecule has 0 radical (unpaired) electrons. The smallest absolute Gasteiger partial charge is 0.419 e. The van der Waals surface area contributed by atoms with Crippen molar-refractivity contribution in [3.05, 3.63) is 0 Å². The zero-order chi connectivity index (χ0) is 19.6. The van der Waals surface area contributed by atoms with Crippen LogP contribution in [0.3, 0.4) is 0 Å². The quantitative estimate of drug-likeness (QED) is 0.544. The first-order chi connectivity index (χ1) is 11.7. The summed E-state index contributed by atoms with van der Waals surface area (Å²) >= 11 is 0. The highest BCUT2D eigenvalue weighted by molar-refractivity contribution is 5.79. The molecule has 0 amide bonds. The van der Waals surface area contributed by atoms with Crippen molar-refractivity contribution in [1.82, 2.24) is 0 Å². The Morgan fingerprint density at radius 2 is 1.65 bits per heavy atom. The molecule has 4 bridgehead atoms. The lowest BCUT2D eigenvalue weighted by molar-refractivity contribution is -0.349.